The molecule has 210 valence electrons. The van der Waals surface area contributed by atoms with E-state index in [4.69, 9.17) is 9.47 Å². The smallest absolute Gasteiger partial charge is 0.433 e. The van der Waals surface area contributed by atoms with Gasteiger partial charge in [0, 0.05) is 43.5 Å². The number of benzene rings is 2. The molecule has 0 saturated carbocycles. The molecule has 7 nitrogen and oxygen atoms in total. The number of methoxy groups -OCH3 is 1. The van der Waals surface area contributed by atoms with Crippen molar-refractivity contribution in [3.8, 4) is 11.5 Å². The Morgan fingerprint density at radius 2 is 1.68 bits per heavy atom. The number of carbonyl (C=O) groups excluding carboxylic acids is 2. The zero-order valence-electron chi connectivity index (χ0n) is 22.3. The van der Waals surface area contributed by atoms with Crippen molar-refractivity contribution in [2.24, 2.45) is 11.8 Å². The molecule has 2 aromatic carbocycles. The van der Waals surface area contributed by atoms with E-state index in [0.29, 0.717) is 56.3 Å². The Labute approximate surface area is 230 Å². The van der Waals surface area contributed by atoms with Gasteiger partial charge < -0.3 is 19.3 Å². The average molecular weight is 554 g/mol. The van der Waals surface area contributed by atoms with Crippen LogP contribution in [0.5, 0.6) is 11.5 Å². The number of piperidine rings is 1. The van der Waals surface area contributed by atoms with Gasteiger partial charge in [0.1, 0.15) is 12.3 Å². The Morgan fingerprint density at radius 1 is 0.950 bits per heavy atom. The van der Waals surface area contributed by atoms with Crippen LogP contribution in [0.15, 0.2) is 60.8 Å². The highest BCUT2D eigenvalue weighted by Gasteiger charge is 2.41. The van der Waals surface area contributed by atoms with Crippen LogP contribution >= 0.6 is 0 Å². The van der Waals surface area contributed by atoms with E-state index in [1.807, 2.05) is 37.3 Å². The number of rotatable bonds is 6. The van der Waals surface area contributed by atoms with Gasteiger partial charge in [-0.25, -0.2) is 0 Å². The van der Waals surface area contributed by atoms with Gasteiger partial charge in [-0.2, -0.15) is 13.2 Å². The molecule has 0 radical (unpaired) electrons. The van der Waals surface area contributed by atoms with Crippen LogP contribution in [0.3, 0.4) is 0 Å². The first-order valence-electron chi connectivity index (χ1n) is 13.1. The van der Waals surface area contributed by atoms with Crippen molar-refractivity contribution in [1.29, 1.82) is 0 Å². The molecule has 0 N–H and O–H groups in total. The van der Waals surface area contributed by atoms with E-state index in [1.54, 1.807) is 29.0 Å². The lowest BCUT2D eigenvalue weighted by Gasteiger charge is -2.34. The van der Waals surface area contributed by atoms with Crippen molar-refractivity contribution in [3.05, 3.63) is 88.7 Å². The average Bonchev–Trinajstić information content (AvgIpc) is 3.39. The maximum Gasteiger partial charge on any atom is 0.433 e. The van der Waals surface area contributed by atoms with Crippen molar-refractivity contribution < 1.29 is 32.2 Å². The van der Waals surface area contributed by atoms with Crippen molar-refractivity contribution in [1.82, 2.24) is 14.8 Å². The van der Waals surface area contributed by atoms with Crippen LogP contribution in [0, 0.1) is 18.8 Å². The third kappa shape index (κ3) is 5.76. The van der Waals surface area contributed by atoms with E-state index in [1.165, 1.54) is 6.07 Å². The Bertz CT molecular complexity index is 1400. The second-order valence-electron chi connectivity index (χ2n) is 10.3. The third-order valence-electron chi connectivity index (χ3n) is 7.65. The summed E-state index contributed by atoms with van der Waals surface area (Å²) in [5.74, 6) is 0.688. The largest absolute Gasteiger partial charge is 0.493 e. The highest BCUT2D eigenvalue weighted by molar-refractivity contribution is 5.97. The number of hydrogen-bond donors (Lipinski definition) is 0. The molecular formula is C30H30F3N3O4. The summed E-state index contributed by atoms with van der Waals surface area (Å²) in [5.41, 5.74) is 1.14. The SMILES string of the molecule is COc1cc(C)c(C(=O)N2C[C@H]3CCN(C(=O)c4ccnc(C(F)(F)F)c4)C[C@H]3C2)cc1OCc1ccccc1. The normalized spacial score (nSPS) is 18.8. The maximum absolute atomic E-state index is 13.6. The van der Waals surface area contributed by atoms with E-state index >= 15 is 0 Å². The maximum atomic E-state index is 13.6. The summed E-state index contributed by atoms with van der Waals surface area (Å²) >= 11 is 0. The van der Waals surface area contributed by atoms with Gasteiger partial charge in [-0.15, -0.1) is 0 Å². The first-order chi connectivity index (χ1) is 19.1. The lowest BCUT2D eigenvalue weighted by Crippen LogP contribution is -2.43. The minimum atomic E-state index is -4.62. The number of hydrogen-bond acceptors (Lipinski definition) is 5. The van der Waals surface area contributed by atoms with Gasteiger partial charge in [0.25, 0.3) is 11.8 Å². The molecule has 1 aromatic heterocycles. The standard InChI is InChI=1S/C30H30F3N3O4/c1-19-12-25(39-2)26(40-18-20-6-4-3-5-7-20)14-24(19)29(38)36-15-22-9-11-35(16-23(22)17-36)28(37)21-8-10-34-27(13-21)30(31,32)33/h3-8,10,12-14,22-23H,9,11,15-18H2,1-2H3/t22-,23+/m1/s1. The number of aryl methyl sites for hydroxylation is 1. The summed E-state index contributed by atoms with van der Waals surface area (Å²) in [6.07, 6.45) is -2.94. The fraction of sp³-hybridized carbons (Fsp3) is 0.367. The molecule has 40 heavy (non-hydrogen) atoms. The van der Waals surface area contributed by atoms with Gasteiger partial charge in [-0.05, 0) is 60.6 Å². The van der Waals surface area contributed by atoms with Gasteiger partial charge in [-0.1, -0.05) is 30.3 Å². The van der Waals surface area contributed by atoms with Crippen LogP contribution in [0.4, 0.5) is 13.2 Å². The van der Waals surface area contributed by atoms with E-state index in [9.17, 15) is 22.8 Å². The lowest BCUT2D eigenvalue weighted by molar-refractivity contribution is -0.141. The zero-order valence-corrected chi connectivity index (χ0v) is 22.3. The minimum Gasteiger partial charge on any atom is -0.493 e. The van der Waals surface area contributed by atoms with Crippen molar-refractivity contribution in [2.75, 3.05) is 33.3 Å². The summed E-state index contributed by atoms with van der Waals surface area (Å²) in [4.78, 5) is 33.4. The molecule has 0 aliphatic carbocycles. The van der Waals surface area contributed by atoms with Crippen LogP contribution in [0.2, 0.25) is 0 Å². The van der Waals surface area contributed by atoms with E-state index in [-0.39, 0.29) is 23.3 Å². The molecule has 2 fully saturated rings. The van der Waals surface area contributed by atoms with Crippen LogP contribution in [0.1, 0.15) is 44.0 Å². The van der Waals surface area contributed by atoms with E-state index in [0.717, 1.165) is 23.4 Å². The highest BCUT2D eigenvalue weighted by atomic mass is 19.4. The topological polar surface area (TPSA) is 72.0 Å². The summed E-state index contributed by atoms with van der Waals surface area (Å²) in [5, 5.41) is 0. The number of ether oxygens (including phenoxy) is 2. The third-order valence-corrected chi connectivity index (χ3v) is 7.65. The van der Waals surface area contributed by atoms with Gasteiger partial charge in [0.05, 0.1) is 7.11 Å². The molecule has 3 heterocycles. The van der Waals surface area contributed by atoms with Crippen LogP contribution < -0.4 is 9.47 Å². The Morgan fingerprint density at radius 3 is 2.40 bits per heavy atom. The highest BCUT2D eigenvalue weighted by Crippen LogP contribution is 2.36. The number of halogens is 3. The lowest BCUT2D eigenvalue weighted by atomic mass is 9.88. The Kier molecular flexibility index (Phi) is 7.69. The molecule has 2 atom stereocenters. The van der Waals surface area contributed by atoms with Crippen molar-refractivity contribution in [2.45, 2.75) is 26.1 Å². The first-order valence-corrected chi connectivity index (χ1v) is 13.1. The predicted molar refractivity (Wildman–Crippen MR) is 141 cm³/mol. The molecule has 0 unspecified atom stereocenters. The second kappa shape index (κ2) is 11.2. The molecule has 0 bridgehead atoms. The molecule has 10 heteroatoms. The van der Waals surface area contributed by atoms with Gasteiger partial charge in [0.15, 0.2) is 11.5 Å². The fourth-order valence-corrected chi connectivity index (χ4v) is 5.49. The number of amides is 2. The molecule has 2 saturated heterocycles. The van der Waals surface area contributed by atoms with Crippen LogP contribution in [-0.2, 0) is 12.8 Å². The number of alkyl halides is 3. The Balaban J connectivity index is 1.27. The number of likely N-dealkylation sites (tertiary alicyclic amines) is 2. The molecule has 5 rings (SSSR count). The van der Waals surface area contributed by atoms with Crippen LogP contribution in [-0.4, -0.2) is 59.9 Å². The first kappa shape index (κ1) is 27.5. The second-order valence-corrected chi connectivity index (χ2v) is 10.3. The molecule has 3 aromatic rings. The fourth-order valence-electron chi connectivity index (χ4n) is 5.49. The summed E-state index contributed by atoms with van der Waals surface area (Å²) in [6.45, 7) is 4.00. The molecular weight excluding hydrogens is 523 g/mol. The predicted octanol–water partition coefficient (Wildman–Crippen LogP) is 5.23. The zero-order chi connectivity index (χ0) is 28.4. The van der Waals surface area contributed by atoms with Crippen molar-refractivity contribution in [3.63, 3.8) is 0 Å². The van der Waals surface area contributed by atoms with Gasteiger partial charge in [0.2, 0.25) is 0 Å². The summed E-state index contributed by atoms with van der Waals surface area (Å²) < 4.78 is 50.8. The number of carbonyl (C=O) groups is 2. The van der Waals surface area contributed by atoms with Crippen molar-refractivity contribution >= 4 is 11.8 Å². The quantitative estimate of drug-likeness (QED) is 0.418. The summed E-state index contributed by atoms with van der Waals surface area (Å²) in [6, 6.07) is 15.3. The number of aromatic nitrogens is 1. The molecule has 0 spiro atoms. The Hall–Kier alpha value is -4.08. The van der Waals surface area contributed by atoms with Gasteiger partial charge in [-0.3, -0.25) is 14.6 Å². The number of fused-ring (bicyclic) bond motifs is 1. The monoisotopic (exact) mass is 553 g/mol. The molecule has 2 amide bonds. The van der Waals surface area contributed by atoms with Gasteiger partial charge >= 0.3 is 6.18 Å². The van der Waals surface area contributed by atoms with Crippen LogP contribution in [0.25, 0.3) is 0 Å². The molecule has 2 aliphatic rings. The van der Waals surface area contributed by atoms with E-state index in [2.05, 4.69) is 4.98 Å². The van der Waals surface area contributed by atoms with E-state index < -0.39 is 17.8 Å². The number of nitrogens with zero attached hydrogens (tertiary/aromatic N) is 3. The minimum absolute atomic E-state index is 0.0383. The number of pyridine rings is 1. The molecule has 2 aliphatic heterocycles. The summed E-state index contributed by atoms with van der Waals surface area (Å²) in [7, 11) is 1.56.